The summed E-state index contributed by atoms with van der Waals surface area (Å²) in [6.45, 7) is 5.65. The molecular weight excluding hydrogens is 559 g/mol. The Morgan fingerprint density at radius 1 is 1.00 bits per heavy atom. The number of anilines is 3. The van der Waals surface area contributed by atoms with Crippen LogP contribution in [-0.4, -0.2) is 76.9 Å². The number of likely N-dealkylation sites (tertiary alicyclic amines) is 1. The van der Waals surface area contributed by atoms with Crippen molar-refractivity contribution in [1.29, 1.82) is 0 Å². The van der Waals surface area contributed by atoms with Gasteiger partial charge in [0, 0.05) is 42.6 Å². The molecule has 12 heteroatoms. The third-order valence-electron chi connectivity index (χ3n) is 9.29. The average molecular weight is 602 g/mol. The van der Waals surface area contributed by atoms with E-state index >= 15 is 0 Å². The van der Waals surface area contributed by atoms with Gasteiger partial charge in [-0.1, -0.05) is 0 Å². The van der Waals surface area contributed by atoms with Crippen molar-refractivity contribution in [3.05, 3.63) is 41.6 Å². The van der Waals surface area contributed by atoms with Gasteiger partial charge in [-0.2, -0.15) is 18.2 Å². The quantitative estimate of drug-likeness (QED) is 0.385. The fourth-order valence-corrected chi connectivity index (χ4v) is 6.91. The Morgan fingerprint density at radius 2 is 1.63 bits per heavy atom. The van der Waals surface area contributed by atoms with Gasteiger partial charge < -0.3 is 25.8 Å². The second kappa shape index (κ2) is 12.7. The second-order valence-corrected chi connectivity index (χ2v) is 12.6. The van der Waals surface area contributed by atoms with Crippen LogP contribution in [0.3, 0.4) is 0 Å². The minimum atomic E-state index is -4.67. The van der Waals surface area contributed by atoms with E-state index in [0.29, 0.717) is 11.3 Å². The zero-order chi connectivity index (χ0) is 30.9. The van der Waals surface area contributed by atoms with Crippen molar-refractivity contribution in [3.63, 3.8) is 0 Å². The van der Waals surface area contributed by atoms with E-state index in [1.165, 1.54) is 0 Å². The molecule has 4 fully saturated rings. The highest BCUT2D eigenvalue weighted by molar-refractivity contribution is 5.94. The highest BCUT2D eigenvalue weighted by atomic mass is 19.4. The average Bonchev–Trinajstić information content (AvgIpc) is 2.97. The van der Waals surface area contributed by atoms with Crippen LogP contribution in [0.4, 0.5) is 30.6 Å². The van der Waals surface area contributed by atoms with Gasteiger partial charge in [0.25, 0.3) is 5.91 Å². The van der Waals surface area contributed by atoms with Crippen LogP contribution in [0.25, 0.3) is 0 Å². The lowest BCUT2D eigenvalue weighted by atomic mass is 9.61. The summed E-state index contributed by atoms with van der Waals surface area (Å²) >= 11 is 0. The van der Waals surface area contributed by atoms with Crippen molar-refractivity contribution in [1.82, 2.24) is 25.1 Å². The highest BCUT2D eigenvalue weighted by Crippen LogP contribution is 2.47. The highest BCUT2D eigenvalue weighted by Gasteiger charge is 2.48. The normalized spacial score (nSPS) is 24.6. The number of amides is 2. The largest absolute Gasteiger partial charge is 0.421 e. The predicted octanol–water partition coefficient (Wildman–Crippen LogP) is 5.15. The number of fused-ring (bicyclic) bond motifs is 3. The summed E-state index contributed by atoms with van der Waals surface area (Å²) in [5, 5.41) is 9.01. The van der Waals surface area contributed by atoms with Crippen molar-refractivity contribution in [2.45, 2.75) is 76.7 Å². The molecule has 9 nitrogen and oxygen atoms in total. The molecule has 3 aliphatic carbocycles. The summed E-state index contributed by atoms with van der Waals surface area (Å²) in [6.07, 6.45) is 1.47. The van der Waals surface area contributed by atoms with Gasteiger partial charge in [0.1, 0.15) is 11.4 Å². The summed E-state index contributed by atoms with van der Waals surface area (Å²) in [5.41, 5.74) is 0.0938. The van der Waals surface area contributed by atoms with Gasteiger partial charge in [-0.15, -0.1) is 0 Å². The van der Waals surface area contributed by atoms with Crippen LogP contribution >= 0.6 is 0 Å². The molecule has 3 saturated carbocycles. The van der Waals surface area contributed by atoms with Gasteiger partial charge in [-0.05, 0) is 109 Å². The Hall–Kier alpha value is -3.41. The van der Waals surface area contributed by atoms with Crippen LogP contribution in [0.5, 0.6) is 0 Å². The van der Waals surface area contributed by atoms with E-state index in [1.54, 1.807) is 29.2 Å². The minimum Gasteiger partial charge on any atom is -0.366 e. The van der Waals surface area contributed by atoms with Crippen molar-refractivity contribution in [3.8, 4) is 0 Å². The lowest BCUT2D eigenvalue weighted by Gasteiger charge is -2.48. The molecule has 0 spiro atoms. The standard InChI is InChI=1S/C31H42F3N7O2/c1-18(2)36-28(42)25-19-5-7-20(8-6-19)26(25)38-27-24(31(32,33)34)17-35-30(39-27)37-22-11-9-21(10-12-22)29(43)41(4)23-13-15-40(3)16-14-23/h9-12,17-20,23,25-26H,5-8,13-16H2,1-4H3,(H,36,42)(H2,35,37,38,39)/t19?,20?,25-,26+/m0/s1. The fourth-order valence-electron chi connectivity index (χ4n) is 6.91. The maximum Gasteiger partial charge on any atom is 0.421 e. The molecular formula is C31H42F3N7O2. The Labute approximate surface area is 251 Å². The van der Waals surface area contributed by atoms with E-state index in [2.05, 4.69) is 37.9 Å². The summed E-state index contributed by atoms with van der Waals surface area (Å²) in [7, 11) is 3.90. The number of rotatable bonds is 8. The van der Waals surface area contributed by atoms with Gasteiger partial charge in [0.05, 0.1) is 5.92 Å². The van der Waals surface area contributed by atoms with Crippen LogP contribution in [0.2, 0.25) is 0 Å². The van der Waals surface area contributed by atoms with Crippen LogP contribution in [0, 0.1) is 17.8 Å². The molecule has 1 aliphatic heterocycles. The topological polar surface area (TPSA) is 102 Å². The zero-order valence-corrected chi connectivity index (χ0v) is 25.2. The number of hydrogen-bond donors (Lipinski definition) is 3. The molecule has 3 N–H and O–H groups in total. The first-order chi connectivity index (χ1) is 20.4. The molecule has 43 heavy (non-hydrogen) atoms. The first-order valence-electron chi connectivity index (χ1n) is 15.2. The number of halogens is 3. The summed E-state index contributed by atoms with van der Waals surface area (Å²) in [6, 6.07) is 6.43. The van der Waals surface area contributed by atoms with Crippen molar-refractivity contribution < 1.29 is 22.8 Å². The second-order valence-electron chi connectivity index (χ2n) is 12.6. The molecule has 0 radical (unpaired) electrons. The molecule has 1 saturated heterocycles. The molecule has 0 unspecified atom stereocenters. The lowest BCUT2D eigenvalue weighted by molar-refractivity contribution is -0.137. The molecule has 2 amide bonds. The number of benzene rings is 1. The van der Waals surface area contributed by atoms with E-state index in [4.69, 9.17) is 0 Å². The fraction of sp³-hybridized carbons (Fsp3) is 0.613. The molecule has 1 aromatic carbocycles. The van der Waals surface area contributed by atoms with Crippen LogP contribution in [0.1, 0.15) is 68.3 Å². The maximum absolute atomic E-state index is 14.1. The Balaban J connectivity index is 1.33. The van der Waals surface area contributed by atoms with Crippen LogP contribution < -0.4 is 16.0 Å². The molecule has 234 valence electrons. The number of nitrogens with zero attached hydrogens (tertiary/aromatic N) is 4. The van der Waals surface area contributed by atoms with Gasteiger partial charge in [0.2, 0.25) is 11.9 Å². The SMILES string of the molecule is CC(C)NC(=O)[C@H]1C2CCC(CC2)[C@H]1Nc1nc(Nc2ccc(C(=O)N(C)C3CCN(C)CC3)cc2)ncc1C(F)(F)F. The van der Waals surface area contributed by atoms with E-state index in [1.807, 2.05) is 20.9 Å². The number of hydrogen-bond acceptors (Lipinski definition) is 7. The van der Waals surface area contributed by atoms with Gasteiger partial charge in [0.15, 0.2) is 0 Å². The first-order valence-corrected chi connectivity index (χ1v) is 15.2. The Morgan fingerprint density at radius 3 is 2.23 bits per heavy atom. The number of piperidine rings is 1. The third-order valence-corrected chi connectivity index (χ3v) is 9.29. The van der Waals surface area contributed by atoms with Gasteiger partial charge >= 0.3 is 6.18 Å². The van der Waals surface area contributed by atoms with Gasteiger partial charge in [-0.25, -0.2) is 4.98 Å². The molecule has 2 heterocycles. The molecule has 1 aromatic heterocycles. The number of carbonyl (C=O) groups excluding carboxylic acids is 2. The first kappa shape index (κ1) is 31.0. The van der Waals surface area contributed by atoms with E-state index < -0.39 is 23.7 Å². The zero-order valence-electron chi connectivity index (χ0n) is 25.2. The monoisotopic (exact) mass is 601 g/mol. The number of nitrogens with one attached hydrogen (secondary N) is 3. The van der Waals surface area contributed by atoms with Gasteiger partial charge in [-0.3, -0.25) is 9.59 Å². The molecule has 2 bridgehead atoms. The number of carbonyl (C=O) groups is 2. The molecule has 4 aliphatic rings. The minimum absolute atomic E-state index is 0.0119. The van der Waals surface area contributed by atoms with Crippen molar-refractivity contribution in [2.24, 2.45) is 17.8 Å². The summed E-state index contributed by atoms with van der Waals surface area (Å²) in [4.78, 5) is 38.5. The van der Waals surface area contributed by atoms with E-state index in [9.17, 15) is 22.8 Å². The van der Waals surface area contributed by atoms with E-state index in [-0.39, 0.29) is 47.5 Å². The summed E-state index contributed by atoms with van der Waals surface area (Å²) in [5.74, 6) is -0.776. The molecule has 2 atom stereocenters. The molecule has 6 rings (SSSR count). The van der Waals surface area contributed by atoms with Crippen LogP contribution in [0.15, 0.2) is 30.5 Å². The molecule has 2 aromatic rings. The third kappa shape index (κ3) is 7.05. The van der Waals surface area contributed by atoms with Crippen LogP contribution in [-0.2, 0) is 11.0 Å². The number of alkyl halides is 3. The van der Waals surface area contributed by atoms with Crippen molar-refractivity contribution in [2.75, 3.05) is 37.8 Å². The van der Waals surface area contributed by atoms with Crippen molar-refractivity contribution >= 4 is 29.3 Å². The summed E-state index contributed by atoms with van der Waals surface area (Å²) < 4.78 is 42.2. The Kier molecular flexibility index (Phi) is 9.15. The predicted molar refractivity (Wildman–Crippen MR) is 159 cm³/mol. The Bertz CT molecular complexity index is 1290. The van der Waals surface area contributed by atoms with E-state index in [0.717, 1.165) is 57.8 Å². The number of aromatic nitrogens is 2. The smallest absolute Gasteiger partial charge is 0.366 e. The maximum atomic E-state index is 14.1. The lowest BCUT2D eigenvalue weighted by Crippen LogP contribution is -2.55.